The van der Waals surface area contributed by atoms with Gasteiger partial charge in [-0.05, 0) is 68.2 Å². The van der Waals surface area contributed by atoms with Crippen molar-refractivity contribution in [2.75, 3.05) is 6.54 Å². The molecular weight excluding hydrogens is 361 g/mol. The zero-order chi connectivity index (χ0) is 18.4. The van der Waals surface area contributed by atoms with Gasteiger partial charge in [-0.2, -0.15) is 0 Å². The normalized spacial score (nSPS) is 22.3. The van der Waals surface area contributed by atoms with Crippen molar-refractivity contribution >= 4 is 23.2 Å². The summed E-state index contributed by atoms with van der Waals surface area (Å²) in [6.45, 7) is 3.18. The Balaban J connectivity index is 1.62. The van der Waals surface area contributed by atoms with Crippen LogP contribution in [0, 0.1) is 0 Å². The van der Waals surface area contributed by atoms with Gasteiger partial charge in [-0.3, -0.25) is 0 Å². The first-order chi connectivity index (χ1) is 12.6. The average molecular weight is 396 g/mol. The molecule has 1 nitrogen and oxygen atoms in total. The van der Waals surface area contributed by atoms with Crippen LogP contribution in [0.3, 0.4) is 0 Å². The Morgan fingerprint density at radius 3 is 2.27 bits per heavy atom. The summed E-state index contributed by atoms with van der Waals surface area (Å²) in [5, 5.41) is 4.67. The van der Waals surface area contributed by atoms with E-state index in [1.165, 1.54) is 75.3 Å². The Morgan fingerprint density at radius 2 is 1.65 bits per heavy atom. The summed E-state index contributed by atoms with van der Waals surface area (Å²) in [5.41, 5.74) is 2.53. The Hall–Kier alpha value is -0.240. The zero-order valence-corrected chi connectivity index (χ0v) is 17.8. The van der Waals surface area contributed by atoms with Gasteiger partial charge in [0.1, 0.15) is 0 Å². The number of halogens is 2. The first kappa shape index (κ1) is 20.5. The number of hydrogen-bond donors (Lipinski definition) is 1. The van der Waals surface area contributed by atoms with Crippen molar-refractivity contribution in [3.8, 4) is 0 Å². The minimum Gasteiger partial charge on any atom is -0.314 e. The van der Waals surface area contributed by atoms with Crippen molar-refractivity contribution in [1.29, 1.82) is 0 Å². The molecule has 1 aromatic carbocycles. The summed E-state index contributed by atoms with van der Waals surface area (Å²) in [4.78, 5) is -0.309. The summed E-state index contributed by atoms with van der Waals surface area (Å²) in [7, 11) is 0. The number of benzene rings is 1. The van der Waals surface area contributed by atoms with Crippen molar-refractivity contribution < 1.29 is 0 Å². The van der Waals surface area contributed by atoms with E-state index in [-0.39, 0.29) is 4.87 Å². The smallest absolute Gasteiger partial charge is 0.0704 e. The lowest BCUT2D eigenvalue weighted by molar-refractivity contribution is 0.361. The monoisotopic (exact) mass is 395 g/mol. The molecule has 2 fully saturated rings. The second-order valence-electron chi connectivity index (χ2n) is 8.43. The number of nitrogens with one attached hydrogen (secondary N) is 1. The van der Waals surface area contributed by atoms with Crippen LogP contribution in [0.25, 0.3) is 0 Å². The van der Waals surface area contributed by atoms with Gasteiger partial charge in [0, 0.05) is 11.1 Å². The topological polar surface area (TPSA) is 12.0 Å². The van der Waals surface area contributed by atoms with Crippen LogP contribution in [-0.2, 0) is 4.87 Å². The van der Waals surface area contributed by atoms with Gasteiger partial charge in [0.15, 0.2) is 0 Å². The Kier molecular flexibility index (Phi) is 7.73. The van der Waals surface area contributed by atoms with Crippen molar-refractivity contribution in [2.24, 2.45) is 0 Å². The molecule has 2 aliphatic carbocycles. The lowest BCUT2D eigenvalue weighted by atomic mass is 9.82. The molecular formula is C23H35Cl2N. The summed E-state index contributed by atoms with van der Waals surface area (Å²) in [5.74, 6) is 0.643. The Bertz CT molecular complexity index is 561. The summed E-state index contributed by atoms with van der Waals surface area (Å²) >= 11 is 13.8. The summed E-state index contributed by atoms with van der Waals surface area (Å²) in [6.07, 6.45) is 15.3. The van der Waals surface area contributed by atoms with Crippen LogP contribution in [0.1, 0.15) is 101 Å². The fourth-order valence-corrected chi connectivity index (χ4v) is 5.40. The molecule has 2 aliphatic rings. The van der Waals surface area contributed by atoms with Gasteiger partial charge in [-0.1, -0.05) is 69.2 Å². The Morgan fingerprint density at radius 1 is 1.00 bits per heavy atom. The average Bonchev–Trinajstić information content (AvgIpc) is 2.69. The van der Waals surface area contributed by atoms with Crippen LogP contribution in [0.15, 0.2) is 18.2 Å². The summed E-state index contributed by atoms with van der Waals surface area (Å²) < 4.78 is 0. The molecule has 0 radical (unpaired) electrons. The van der Waals surface area contributed by atoms with Crippen molar-refractivity contribution in [3.63, 3.8) is 0 Å². The van der Waals surface area contributed by atoms with Crippen LogP contribution in [0.5, 0.6) is 0 Å². The maximum Gasteiger partial charge on any atom is 0.0704 e. The molecule has 0 spiro atoms. The number of hydrogen-bond acceptors (Lipinski definition) is 1. The highest BCUT2D eigenvalue weighted by Gasteiger charge is 2.29. The van der Waals surface area contributed by atoms with E-state index in [1.54, 1.807) is 0 Å². The van der Waals surface area contributed by atoms with Crippen molar-refractivity contribution in [1.82, 2.24) is 5.32 Å². The highest BCUT2D eigenvalue weighted by Crippen LogP contribution is 2.41. The third-order valence-electron chi connectivity index (χ3n) is 6.68. The van der Waals surface area contributed by atoms with E-state index in [0.717, 1.165) is 24.4 Å². The predicted molar refractivity (Wildman–Crippen MR) is 115 cm³/mol. The maximum absolute atomic E-state index is 7.08. The molecule has 146 valence electrons. The highest BCUT2D eigenvalue weighted by atomic mass is 35.5. The lowest BCUT2D eigenvalue weighted by Crippen LogP contribution is -2.34. The number of alkyl halides is 1. The second kappa shape index (κ2) is 9.80. The molecule has 26 heavy (non-hydrogen) atoms. The molecule has 0 saturated heterocycles. The third-order valence-corrected chi connectivity index (χ3v) is 7.68. The quantitative estimate of drug-likeness (QED) is 0.469. The first-order valence-electron chi connectivity index (χ1n) is 10.8. The summed E-state index contributed by atoms with van der Waals surface area (Å²) in [6, 6.07) is 7.35. The fraction of sp³-hybridized carbons (Fsp3) is 0.739. The minimum atomic E-state index is -0.309. The third kappa shape index (κ3) is 5.18. The van der Waals surface area contributed by atoms with Gasteiger partial charge in [-0.15, -0.1) is 11.6 Å². The molecule has 0 heterocycles. The molecule has 1 atom stereocenters. The largest absolute Gasteiger partial charge is 0.314 e. The van der Waals surface area contributed by atoms with E-state index in [4.69, 9.17) is 23.2 Å². The fourth-order valence-electron chi connectivity index (χ4n) is 4.86. The van der Waals surface area contributed by atoms with Crippen molar-refractivity contribution in [3.05, 3.63) is 34.3 Å². The minimum absolute atomic E-state index is 0.309. The van der Waals surface area contributed by atoms with Gasteiger partial charge in [0.2, 0.25) is 0 Å². The van der Waals surface area contributed by atoms with E-state index in [0.29, 0.717) is 12.0 Å². The molecule has 3 rings (SSSR count). The van der Waals surface area contributed by atoms with Gasteiger partial charge in [0.25, 0.3) is 0 Å². The highest BCUT2D eigenvalue weighted by molar-refractivity contribution is 6.31. The van der Waals surface area contributed by atoms with Crippen LogP contribution in [-0.4, -0.2) is 12.6 Å². The molecule has 0 bridgehead atoms. The van der Waals surface area contributed by atoms with E-state index in [2.05, 4.69) is 30.4 Å². The number of rotatable bonds is 7. The first-order valence-corrected chi connectivity index (χ1v) is 11.6. The van der Waals surface area contributed by atoms with E-state index < -0.39 is 0 Å². The predicted octanol–water partition coefficient (Wildman–Crippen LogP) is 7.54. The standard InChI is InChI=1S/C23H35Cl2N/c1-2-23(25,15-16-26-20-11-7-4-8-12-20)19-13-14-21(22(24)17-19)18-9-5-3-6-10-18/h13-14,17-18,20,26H,2-12,15-16H2,1H3. The van der Waals surface area contributed by atoms with Gasteiger partial charge >= 0.3 is 0 Å². The van der Waals surface area contributed by atoms with E-state index >= 15 is 0 Å². The van der Waals surface area contributed by atoms with E-state index in [9.17, 15) is 0 Å². The molecule has 0 aromatic heterocycles. The van der Waals surface area contributed by atoms with Crippen LogP contribution >= 0.6 is 23.2 Å². The molecule has 3 heteroatoms. The van der Waals surface area contributed by atoms with Crippen LogP contribution in [0.4, 0.5) is 0 Å². The van der Waals surface area contributed by atoms with E-state index in [1.807, 2.05) is 0 Å². The van der Waals surface area contributed by atoms with Gasteiger partial charge in [0.05, 0.1) is 4.87 Å². The van der Waals surface area contributed by atoms with Gasteiger partial charge in [-0.25, -0.2) is 0 Å². The molecule has 2 saturated carbocycles. The van der Waals surface area contributed by atoms with Crippen molar-refractivity contribution in [2.45, 2.75) is 101 Å². The zero-order valence-electron chi connectivity index (χ0n) is 16.3. The van der Waals surface area contributed by atoms with Gasteiger partial charge < -0.3 is 5.32 Å². The van der Waals surface area contributed by atoms with Crippen LogP contribution < -0.4 is 5.32 Å². The molecule has 1 unspecified atom stereocenters. The lowest BCUT2D eigenvalue weighted by Gasteiger charge is -2.30. The second-order valence-corrected chi connectivity index (χ2v) is 9.56. The molecule has 0 amide bonds. The molecule has 1 aromatic rings. The SMILES string of the molecule is CCC(Cl)(CCNC1CCCCC1)c1ccc(C2CCCCC2)c(Cl)c1. The molecule has 0 aliphatic heterocycles. The maximum atomic E-state index is 7.08. The molecule has 1 N–H and O–H groups in total. The van der Waals surface area contributed by atoms with Crippen LogP contribution in [0.2, 0.25) is 5.02 Å². The Labute approximate surface area is 170 Å².